The van der Waals surface area contributed by atoms with Crippen molar-refractivity contribution in [2.45, 2.75) is 37.8 Å². The number of benzene rings is 1. The van der Waals surface area contributed by atoms with Gasteiger partial charge in [0.05, 0.1) is 17.1 Å². The maximum Gasteiger partial charge on any atom is 0.391 e. The molecule has 0 amide bonds. The van der Waals surface area contributed by atoms with Gasteiger partial charge in [-0.2, -0.15) is 13.2 Å². The smallest absolute Gasteiger partial charge is 0.266 e. The number of pyridine rings is 1. The summed E-state index contributed by atoms with van der Waals surface area (Å²) in [5.74, 6) is -1.66. The average Bonchev–Trinajstić information content (AvgIpc) is 2.68. The highest BCUT2D eigenvalue weighted by Gasteiger charge is 2.42. The Hall–Kier alpha value is -2.77. The highest BCUT2D eigenvalue weighted by Crippen LogP contribution is 2.42. The van der Waals surface area contributed by atoms with Gasteiger partial charge in [-0.1, -0.05) is 0 Å². The molecule has 4 nitrogen and oxygen atoms in total. The van der Waals surface area contributed by atoms with Crippen LogP contribution >= 0.6 is 0 Å². The summed E-state index contributed by atoms with van der Waals surface area (Å²) in [6.07, 6.45) is -2.17. The molecule has 28 heavy (non-hydrogen) atoms. The van der Waals surface area contributed by atoms with Gasteiger partial charge in [-0.25, -0.2) is 14.4 Å². The molecule has 8 heteroatoms. The van der Waals surface area contributed by atoms with E-state index in [0.717, 1.165) is 0 Å². The Morgan fingerprint density at radius 2 is 1.68 bits per heavy atom. The van der Waals surface area contributed by atoms with Crippen LogP contribution in [0.15, 0.2) is 47.4 Å². The van der Waals surface area contributed by atoms with E-state index in [2.05, 4.69) is 9.97 Å². The minimum atomic E-state index is -4.21. The van der Waals surface area contributed by atoms with Gasteiger partial charge in [-0.05, 0) is 62.1 Å². The van der Waals surface area contributed by atoms with E-state index in [1.807, 2.05) is 0 Å². The van der Waals surface area contributed by atoms with Crippen LogP contribution < -0.4 is 5.56 Å². The number of nitrogens with zero attached hydrogens (tertiary/aromatic N) is 3. The molecule has 1 aliphatic rings. The van der Waals surface area contributed by atoms with Crippen LogP contribution in [0.4, 0.5) is 17.6 Å². The molecule has 0 N–H and O–H groups in total. The first-order chi connectivity index (χ1) is 13.3. The quantitative estimate of drug-likeness (QED) is 0.592. The molecular formula is C20H17F4N3O. The van der Waals surface area contributed by atoms with Gasteiger partial charge in [-0.15, -0.1) is 0 Å². The van der Waals surface area contributed by atoms with Crippen LogP contribution in [0.5, 0.6) is 0 Å². The fourth-order valence-corrected chi connectivity index (χ4v) is 3.83. The van der Waals surface area contributed by atoms with Gasteiger partial charge in [0.1, 0.15) is 11.6 Å². The summed E-state index contributed by atoms with van der Waals surface area (Å²) in [7, 11) is 0. The number of hydrogen-bond acceptors (Lipinski definition) is 3. The molecule has 0 bridgehead atoms. The van der Waals surface area contributed by atoms with Crippen LogP contribution in [0.25, 0.3) is 16.7 Å². The van der Waals surface area contributed by atoms with E-state index in [0.29, 0.717) is 17.0 Å². The maximum atomic E-state index is 13.3. The second-order valence-corrected chi connectivity index (χ2v) is 7.05. The third-order valence-corrected chi connectivity index (χ3v) is 5.30. The fourth-order valence-electron chi connectivity index (χ4n) is 3.83. The van der Waals surface area contributed by atoms with E-state index in [-0.39, 0.29) is 37.1 Å². The molecule has 0 saturated heterocycles. The van der Waals surface area contributed by atoms with Crippen LogP contribution in [0.1, 0.15) is 37.4 Å². The second kappa shape index (κ2) is 7.00. The van der Waals surface area contributed by atoms with E-state index < -0.39 is 23.5 Å². The Morgan fingerprint density at radius 3 is 2.32 bits per heavy atom. The summed E-state index contributed by atoms with van der Waals surface area (Å²) in [6, 6.07) is 8.68. The topological polar surface area (TPSA) is 47.8 Å². The predicted molar refractivity (Wildman–Crippen MR) is 95.8 cm³/mol. The summed E-state index contributed by atoms with van der Waals surface area (Å²) in [4.78, 5) is 21.8. The number of rotatable bonds is 2. The fraction of sp³-hybridized carbons (Fsp3) is 0.350. The summed E-state index contributed by atoms with van der Waals surface area (Å²) < 4.78 is 53.7. The SMILES string of the molecule is O=c1c2ncccc2nc(C2CCC(C(F)(F)F)CC2)n1-c1ccc(F)cc1. The Labute approximate surface area is 157 Å². The number of fused-ring (bicyclic) bond motifs is 1. The van der Waals surface area contributed by atoms with Crippen LogP contribution in [0, 0.1) is 11.7 Å². The molecule has 2 heterocycles. The third-order valence-electron chi connectivity index (χ3n) is 5.30. The minimum Gasteiger partial charge on any atom is -0.266 e. The Kier molecular flexibility index (Phi) is 4.64. The zero-order valence-electron chi connectivity index (χ0n) is 14.8. The van der Waals surface area contributed by atoms with Gasteiger partial charge < -0.3 is 0 Å². The molecule has 1 aromatic carbocycles. The molecule has 3 aromatic rings. The first-order valence-electron chi connectivity index (χ1n) is 9.05. The van der Waals surface area contributed by atoms with Crippen LogP contribution in [0.2, 0.25) is 0 Å². The van der Waals surface area contributed by atoms with Crippen LogP contribution in [-0.2, 0) is 0 Å². The van der Waals surface area contributed by atoms with E-state index in [4.69, 9.17) is 0 Å². The molecule has 1 saturated carbocycles. The molecule has 0 unspecified atom stereocenters. The molecule has 2 aromatic heterocycles. The van der Waals surface area contributed by atoms with Crippen LogP contribution in [-0.4, -0.2) is 20.7 Å². The van der Waals surface area contributed by atoms with Crippen molar-refractivity contribution in [3.8, 4) is 5.69 Å². The van der Waals surface area contributed by atoms with Gasteiger partial charge in [0, 0.05) is 12.1 Å². The second-order valence-electron chi connectivity index (χ2n) is 7.05. The number of halogens is 4. The highest BCUT2D eigenvalue weighted by molar-refractivity contribution is 5.73. The van der Waals surface area contributed by atoms with E-state index in [1.54, 1.807) is 12.1 Å². The van der Waals surface area contributed by atoms with Crippen molar-refractivity contribution >= 4 is 11.0 Å². The lowest BCUT2D eigenvalue weighted by atomic mass is 9.81. The van der Waals surface area contributed by atoms with Crippen molar-refractivity contribution in [3.05, 3.63) is 64.6 Å². The van der Waals surface area contributed by atoms with Crippen molar-refractivity contribution in [1.82, 2.24) is 14.5 Å². The first kappa shape index (κ1) is 18.6. The maximum absolute atomic E-state index is 13.3. The third kappa shape index (κ3) is 3.39. The normalized spacial score (nSPS) is 20.4. The molecule has 0 spiro atoms. The molecular weight excluding hydrogens is 374 g/mol. The van der Waals surface area contributed by atoms with Gasteiger partial charge in [0.25, 0.3) is 5.56 Å². The molecule has 0 aliphatic heterocycles. The number of aromatic nitrogens is 3. The average molecular weight is 391 g/mol. The predicted octanol–water partition coefficient (Wildman–Crippen LogP) is 4.76. The zero-order chi connectivity index (χ0) is 19.9. The van der Waals surface area contributed by atoms with E-state index in [9.17, 15) is 22.4 Å². The van der Waals surface area contributed by atoms with Gasteiger partial charge >= 0.3 is 6.18 Å². The highest BCUT2D eigenvalue weighted by atomic mass is 19.4. The van der Waals surface area contributed by atoms with E-state index in [1.165, 1.54) is 35.0 Å². The van der Waals surface area contributed by atoms with Crippen molar-refractivity contribution in [3.63, 3.8) is 0 Å². The summed E-state index contributed by atoms with van der Waals surface area (Å²) in [6.45, 7) is 0. The van der Waals surface area contributed by atoms with Crippen molar-refractivity contribution < 1.29 is 17.6 Å². The monoisotopic (exact) mass is 391 g/mol. The standard InChI is InChI=1S/C20H17F4N3O/c21-14-7-9-15(10-8-14)27-18(12-3-5-13(6-4-12)20(22,23)24)26-16-2-1-11-25-17(16)19(27)28/h1-2,7-13H,3-6H2. The Morgan fingerprint density at radius 1 is 1.00 bits per heavy atom. The minimum absolute atomic E-state index is 0.00146. The lowest BCUT2D eigenvalue weighted by Gasteiger charge is -2.30. The first-order valence-corrected chi connectivity index (χ1v) is 9.05. The molecule has 0 radical (unpaired) electrons. The molecule has 4 rings (SSSR count). The van der Waals surface area contributed by atoms with Crippen molar-refractivity contribution in [2.24, 2.45) is 5.92 Å². The van der Waals surface area contributed by atoms with Gasteiger partial charge in [0.2, 0.25) is 0 Å². The van der Waals surface area contributed by atoms with Gasteiger partial charge in [-0.3, -0.25) is 9.36 Å². The van der Waals surface area contributed by atoms with E-state index >= 15 is 0 Å². The number of alkyl halides is 3. The van der Waals surface area contributed by atoms with Crippen LogP contribution in [0.3, 0.4) is 0 Å². The Balaban J connectivity index is 1.82. The number of hydrogen-bond donors (Lipinski definition) is 0. The zero-order valence-corrected chi connectivity index (χ0v) is 14.8. The van der Waals surface area contributed by atoms with Crippen molar-refractivity contribution in [2.75, 3.05) is 0 Å². The molecule has 0 atom stereocenters. The largest absolute Gasteiger partial charge is 0.391 e. The summed E-state index contributed by atoms with van der Waals surface area (Å²) in [5, 5.41) is 0. The summed E-state index contributed by atoms with van der Waals surface area (Å²) >= 11 is 0. The molecule has 1 aliphatic carbocycles. The van der Waals surface area contributed by atoms with Gasteiger partial charge in [0.15, 0.2) is 5.52 Å². The lowest BCUT2D eigenvalue weighted by molar-refractivity contribution is -0.182. The Bertz CT molecular complexity index is 1050. The summed E-state index contributed by atoms with van der Waals surface area (Å²) in [5.41, 5.74) is 0.572. The lowest BCUT2D eigenvalue weighted by Crippen LogP contribution is -2.31. The van der Waals surface area contributed by atoms with Crippen molar-refractivity contribution in [1.29, 1.82) is 0 Å². The molecule has 1 fully saturated rings. The molecule has 146 valence electrons.